The van der Waals surface area contributed by atoms with Crippen molar-refractivity contribution < 1.29 is 18.8 Å². The summed E-state index contributed by atoms with van der Waals surface area (Å²) >= 11 is 0. The minimum absolute atomic E-state index is 0.0973. The van der Waals surface area contributed by atoms with Crippen LogP contribution in [-0.2, 0) is 4.79 Å². The molecule has 3 aromatic rings. The zero-order valence-electron chi connectivity index (χ0n) is 28.9. The Morgan fingerprint density at radius 1 is 0.863 bits per heavy atom. The number of likely N-dealkylation sites (N-methyl/N-ethyl adjacent to an activating group) is 1. The summed E-state index contributed by atoms with van der Waals surface area (Å²) in [4.78, 5) is 53.1. The number of aromatic nitrogens is 3. The van der Waals surface area contributed by atoms with Crippen LogP contribution in [0.1, 0.15) is 29.8 Å². The van der Waals surface area contributed by atoms with Crippen LogP contribution in [0, 0.1) is 11.7 Å². The maximum Gasteiger partial charge on any atom is 0.328 e. The maximum absolute atomic E-state index is 15.5. The summed E-state index contributed by atoms with van der Waals surface area (Å²) in [7, 11) is 2.06. The van der Waals surface area contributed by atoms with Gasteiger partial charge in [0.05, 0.1) is 5.69 Å². The normalized spacial score (nSPS) is 19.7. The molecule has 0 saturated carbocycles. The molecule has 4 saturated heterocycles. The minimum Gasteiger partial charge on any atom is -0.369 e. The van der Waals surface area contributed by atoms with Crippen molar-refractivity contribution in [1.82, 2.24) is 30.3 Å². The molecule has 0 aliphatic carbocycles. The Bertz CT molecular complexity index is 1740. The fraction of sp³-hybridized carbons (Fsp3) is 0.486. The molecule has 0 bridgehead atoms. The summed E-state index contributed by atoms with van der Waals surface area (Å²) < 4.78 is 15.5. The number of benzene rings is 2. The summed E-state index contributed by atoms with van der Waals surface area (Å²) in [5.41, 5.74) is 8.37. The molecule has 15 nitrogen and oxygen atoms in total. The smallest absolute Gasteiger partial charge is 0.328 e. The van der Waals surface area contributed by atoms with E-state index in [1.54, 1.807) is 17.0 Å². The molecule has 2 aromatic carbocycles. The highest BCUT2D eigenvalue weighted by Gasteiger charge is 2.27. The first kappa shape index (κ1) is 34.4. The van der Waals surface area contributed by atoms with Crippen molar-refractivity contribution >= 4 is 52.4 Å². The largest absolute Gasteiger partial charge is 0.369 e. The Morgan fingerprint density at radius 3 is 2.22 bits per heavy atom. The fourth-order valence-corrected chi connectivity index (χ4v) is 7.25. The lowest BCUT2D eigenvalue weighted by molar-refractivity contribution is -0.120. The van der Waals surface area contributed by atoms with Crippen molar-refractivity contribution in [2.45, 2.75) is 19.3 Å². The first-order chi connectivity index (χ1) is 24.7. The van der Waals surface area contributed by atoms with Crippen LogP contribution in [-0.4, -0.2) is 128 Å². The fourth-order valence-electron chi connectivity index (χ4n) is 7.25. The molecule has 270 valence electrons. The lowest BCUT2D eigenvalue weighted by Crippen LogP contribution is -2.49. The summed E-state index contributed by atoms with van der Waals surface area (Å²) in [6, 6.07) is 12.6. The Kier molecular flexibility index (Phi) is 10.1. The summed E-state index contributed by atoms with van der Waals surface area (Å²) in [5, 5.41) is 13.6. The SMILES string of the molecule is CN1CCN(c2nnc(C(N)=O)c(Nc3ccc(N4CCC(CN5CCN(c6ccc(N7CCC(=O)NC7=O)cc6)CC5)CC4)c(F)c3)n2)CC1. The molecule has 0 spiro atoms. The molecule has 0 unspecified atom stereocenters. The van der Waals surface area contributed by atoms with E-state index in [-0.39, 0.29) is 29.3 Å². The molecule has 4 aliphatic rings. The highest BCUT2D eigenvalue weighted by Crippen LogP contribution is 2.30. The molecule has 1 aromatic heterocycles. The van der Waals surface area contributed by atoms with Crippen LogP contribution in [0.3, 0.4) is 0 Å². The molecule has 4 fully saturated rings. The molecule has 4 amide bonds. The number of primary amides is 1. The molecule has 5 heterocycles. The molecular formula is C35H45FN12O3. The Balaban J connectivity index is 0.888. The molecule has 0 atom stereocenters. The zero-order valence-corrected chi connectivity index (χ0v) is 28.9. The molecule has 51 heavy (non-hydrogen) atoms. The number of imide groups is 1. The number of carbonyl (C=O) groups is 3. The van der Waals surface area contributed by atoms with Gasteiger partial charge in [0.25, 0.3) is 5.91 Å². The van der Waals surface area contributed by atoms with Crippen LogP contribution in [0.25, 0.3) is 0 Å². The second kappa shape index (κ2) is 15.0. The number of nitrogens with one attached hydrogen (secondary N) is 2. The van der Waals surface area contributed by atoms with Crippen molar-refractivity contribution in [3.8, 4) is 0 Å². The van der Waals surface area contributed by atoms with Gasteiger partial charge < -0.3 is 30.7 Å². The molecule has 4 N–H and O–H groups in total. The molecule has 16 heteroatoms. The van der Waals surface area contributed by atoms with E-state index in [2.05, 4.69) is 52.5 Å². The van der Waals surface area contributed by atoms with Gasteiger partial charge in [-0.2, -0.15) is 4.98 Å². The molecule has 0 radical (unpaired) electrons. The van der Waals surface area contributed by atoms with Crippen LogP contribution < -0.4 is 36.0 Å². The lowest BCUT2D eigenvalue weighted by atomic mass is 9.95. The van der Waals surface area contributed by atoms with E-state index < -0.39 is 5.91 Å². The second-order valence-electron chi connectivity index (χ2n) is 13.7. The summed E-state index contributed by atoms with van der Waals surface area (Å²) in [6.07, 6.45) is 2.28. The number of nitrogens with zero attached hydrogens (tertiary/aromatic N) is 9. The quantitative estimate of drug-likeness (QED) is 0.299. The van der Waals surface area contributed by atoms with Gasteiger partial charge in [0.2, 0.25) is 11.9 Å². The summed E-state index contributed by atoms with van der Waals surface area (Å²) in [6.45, 7) is 9.94. The maximum atomic E-state index is 15.5. The third kappa shape index (κ3) is 7.96. The number of piperazine rings is 2. The number of rotatable bonds is 9. The first-order valence-electron chi connectivity index (χ1n) is 17.7. The molecule has 7 rings (SSSR count). The van der Waals surface area contributed by atoms with E-state index in [1.807, 2.05) is 29.2 Å². The number of anilines is 6. The van der Waals surface area contributed by atoms with Crippen molar-refractivity contribution in [3.05, 3.63) is 54.0 Å². The van der Waals surface area contributed by atoms with E-state index in [1.165, 1.54) is 6.07 Å². The van der Waals surface area contributed by atoms with Crippen LogP contribution >= 0.6 is 0 Å². The minimum atomic E-state index is -0.763. The monoisotopic (exact) mass is 700 g/mol. The van der Waals surface area contributed by atoms with Gasteiger partial charge in [-0.15, -0.1) is 10.2 Å². The first-order valence-corrected chi connectivity index (χ1v) is 17.7. The van der Waals surface area contributed by atoms with Crippen LogP contribution in [0.5, 0.6) is 0 Å². The van der Waals surface area contributed by atoms with Crippen LogP contribution in [0.15, 0.2) is 42.5 Å². The second-order valence-corrected chi connectivity index (χ2v) is 13.7. The average molecular weight is 701 g/mol. The molecule has 4 aliphatic heterocycles. The number of halogens is 1. The summed E-state index contributed by atoms with van der Waals surface area (Å²) in [5.74, 6) is -0.248. The van der Waals surface area contributed by atoms with Crippen molar-refractivity contribution in [1.29, 1.82) is 0 Å². The number of nitrogens with two attached hydrogens (primary N) is 1. The Labute approximate surface area is 296 Å². The van der Waals surface area contributed by atoms with E-state index >= 15 is 4.39 Å². The third-order valence-corrected chi connectivity index (χ3v) is 10.3. The number of urea groups is 1. The number of carbonyl (C=O) groups excluding carboxylic acids is 3. The van der Waals surface area contributed by atoms with Crippen molar-refractivity contribution in [3.63, 3.8) is 0 Å². The number of amides is 4. The van der Waals surface area contributed by atoms with Gasteiger partial charge in [-0.05, 0) is 68.3 Å². The Morgan fingerprint density at radius 2 is 1.55 bits per heavy atom. The highest BCUT2D eigenvalue weighted by atomic mass is 19.1. The number of piperidine rings is 1. The average Bonchev–Trinajstić information content (AvgIpc) is 3.13. The third-order valence-electron chi connectivity index (χ3n) is 10.3. The standard InChI is InChI=1S/C35H45FN12O3/c1-43-14-18-47(19-15-43)34-40-33(31(32(37)50)41-42-34)38-25-2-7-29(28(36)22-25)46-11-8-24(9-12-46)23-44-16-20-45(21-17-44)26-3-5-27(6-4-26)48-13-10-30(49)39-35(48)51/h2-7,22,24H,8-21,23H2,1H3,(H2,37,50)(H,38,40,42)(H,39,49,51). The van der Waals surface area contributed by atoms with E-state index in [4.69, 9.17) is 5.73 Å². The van der Waals surface area contributed by atoms with Crippen LogP contribution in [0.2, 0.25) is 0 Å². The van der Waals surface area contributed by atoms with Gasteiger partial charge in [0.1, 0.15) is 5.82 Å². The van der Waals surface area contributed by atoms with Gasteiger partial charge in [0.15, 0.2) is 11.5 Å². The van der Waals surface area contributed by atoms with Crippen LogP contribution in [0.4, 0.5) is 43.7 Å². The van der Waals surface area contributed by atoms with Gasteiger partial charge in [-0.1, -0.05) is 0 Å². The predicted octanol–water partition coefficient (Wildman–Crippen LogP) is 2.09. The van der Waals surface area contributed by atoms with E-state index in [9.17, 15) is 14.4 Å². The Hall–Kier alpha value is -5.09. The van der Waals surface area contributed by atoms with Gasteiger partial charge >= 0.3 is 6.03 Å². The van der Waals surface area contributed by atoms with Gasteiger partial charge in [-0.3, -0.25) is 24.7 Å². The van der Waals surface area contributed by atoms with Crippen molar-refractivity contribution in [2.75, 3.05) is 111 Å². The lowest BCUT2D eigenvalue weighted by Gasteiger charge is -2.40. The van der Waals surface area contributed by atoms with E-state index in [0.29, 0.717) is 36.2 Å². The molecular weight excluding hydrogens is 655 g/mol. The van der Waals surface area contributed by atoms with E-state index in [0.717, 1.165) is 96.2 Å². The topological polar surface area (TPSA) is 159 Å². The predicted molar refractivity (Wildman–Crippen MR) is 193 cm³/mol. The van der Waals surface area contributed by atoms with Gasteiger partial charge in [-0.25, -0.2) is 9.18 Å². The number of hydrogen-bond acceptors (Lipinski definition) is 12. The highest BCUT2D eigenvalue weighted by molar-refractivity contribution is 6.05. The zero-order chi connectivity index (χ0) is 35.5. The number of hydrogen-bond donors (Lipinski definition) is 3. The van der Waals surface area contributed by atoms with Gasteiger partial charge in [0, 0.05) is 102 Å². The van der Waals surface area contributed by atoms with Crippen molar-refractivity contribution in [2.24, 2.45) is 11.7 Å².